The number of likely N-dealkylation sites (tertiary alicyclic amines) is 1. The van der Waals surface area contributed by atoms with Crippen molar-refractivity contribution in [1.82, 2.24) is 10.2 Å². The van der Waals surface area contributed by atoms with E-state index in [0.717, 1.165) is 23.9 Å². The summed E-state index contributed by atoms with van der Waals surface area (Å²) in [5.74, 6) is 1.85. The molecule has 2 aliphatic heterocycles. The van der Waals surface area contributed by atoms with Gasteiger partial charge in [0.15, 0.2) is 0 Å². The highest BCUT2D eigenvalue weighted by molar-refractivity contribution is 4.92. The van der Waals surface area contributed by atoms with Crippen molar-refractivity contribution in [2.75, 3.05) is 19.6 Å². The second kappa shape index (κ2) is 5.96. The van der Waals surface area contributed by atoms with Crippen molar-refractivity contribution in [3.05, 3.63) is 0 Å². The van der Waals surface area contributed by atoms with Crippen molar-refractivity contribution in [1.29, 1.82) is 0 Å². The average Bonchev–Trinajstić information content (AvgIpc) is 2.92. The topological polar surface area (TPSA) is 15.3 Å². The van der Waals surface area contributed by atoms with Crippen LogP contribution < -0.4 is 5.32 Å². The zero-order chi connectivity index (χ0) is 14.2. The van der Waals surface area contributed by atoms with Crippen LogP contribution in [-0.2, 0) is 0 Å². The van der Waals surface area contributed by atoms with Crippen molar-refractivity contribution in [2.24, 2.45) is 17.3 Å². The molecule has 3 fully saturated rings. The van der Waals surface area contributed by atoms with Gasteiger partial charge >= 0.3 is 0 Å². The molecule has 2 nitrogen and oxygen atoms in total. The van der Waals surface area contributed by atoms with Crippen LogP contribution in [0.5, 0.6) is 0 Å². The Morgan fingerprint density at radius 3 is 2.40 bits per heavy atom. The van der Waals surface area contributed by atoms with Gasteiger partial charge < -0.3 is 10.2 Å². The lowest BCUT2D eigenvalue weighted by atomic mass is 9.69. The molecule has 0 amide bonds. The van der Waals surface area contributed by atoms with E-state index in [4.69, 9.17) is 0 Å². The molecule has 2 heterocycles. The number of piperidine rings is 1. The standard InChI is InChI=1S/C18H34N2/c1-14-13-18(2,3)9-6-17(14)20-11-7-15(8-12-20)16-5-4-10-19-16/h14-17,19H,4-13H2,1-3H3. The van der Waals surface area contributed by atoms with Crippen LogP contribution in [0.3, 0.4) is 0 Å². The zero-order valence-electron chi connectivity index (χ0n) is 13.8. The van der Waals surface area contributed by atoms with Crippen LogP contribution >= 0.6 is 0 Å². The summed E-state index contributed by atoms with van der Waals surface area (Å²) < 4.78 is 0. The molecule has 116 valence electrons. The normalized spacial score (nSPS) is 40.0. The highest BCUT2D eigenvalue weighted by atomic mass is 15.2. The molecule has 3 rings (SSSR count). The summed E-state index contributed by atoms with van der Waals surface area (Å²) in [6, 6.07) is 1.72. The quantitative estimate of drug-likeness (QED) is 0.829. The second-order valence-electron chi connectivity index (χ2n) is 8.53. The van der Waals surface area contributed by atoms with E-state index in [9.17, 15) is 0 Å². The van der Waals surface area contributed by atoms with Crippen LogP contribution in [0.15, 0.2) is 0 Å². The van der Waals surface area contributed by atoms with E-state index in [1.54, 1.807) is 0 Å². The minimum atomic E-state index is 0.585. The summed E-state index contributed by atoms with van der Waals surface area (Å²) >= 11 is 0. The maximum absolute atomic E-state index is 3.72. The first-order chi connectivity index (χ1) is 9.55. The number of hydrogen-bond donors (Lipinski definition) is 1. The van der Waals surface area contributed by atoms with Crippen LogP contribution in [0.2, 0.25) is 0 Å². The van der Waals surface area contributed by atoms with Crippen LogP contribution in [0.25, 0.3) is 0 Å². The van der Waals surface area contributed by atoms with Gasteiger partial charge in [-0.3, -0.25) is 0 Å². The molecular formula is C18H34N2. The number of nitrogens with one attached hydrogen (secondary N) is 1. The Hall–Kier alpha value is -0.0800. The number of hydrogen-bond acceptors (Lipinski definition) is 2. The van der Waals surface area contributed by atoms with E-state index in [-0.39, 0.29) is 0 Å². The summed E-state index contributed by atoms with van der Waals surface area (Å²) in [6.07, 6.45) is 9.97. The molecule has 3 unspecified atom stereocenters. The lowest BCUT2D eigenvalue weighted by molar-refractivity contribution is 0.0338. The Labute approximate surface area is 125 Å². The maximum atomic E-state index is 3.72. The Bertz CT molecular complexity index is 311. The van der Waals surface area contributed by atoms with Gasteiger partial charge in [-0.2, -0.15) is 0 Å². The summed E-state index contributed by atoms with van der Waals surface area (Å²) in [6.45, 7) is 11.4. The monoisotopic (exact) mass is 278 g/mol. The third-order valence-corrected chi connectivity index (χ3v) is 6.36. The predicted molar refractivity (Wildman–Crippen MR) is 85.9 cm³/mol. The van der Waals surface area contributed by atoms with E-state index >= 15 is 0 Å². The molecule has 1 saturated carbocycles. The predicted octanol–water partition coefficient (Wildman–Crippen LogP) is 3.67. The van der Waals surface area contributed by atoms with Crippen molar-refractivity contribution >= 4 is 0 Å². The van der Waals surface area contributed by atoms with Crippen molar-refractivity contribution in [2.45, 2.75) is 77.8 Å². The molecule has 2 saturated heterocycles. The van der Waals surface area contributed by atoms with Crippen molar-refractivity contribution < 1.29 is 0 Å². The van der Waals surface area contributed by atoms with E-state index in [2.05, 4.69) is 31.0 Å². The summed E-state index contributed by atoms with van der Waals surface area (Å²) in [5, 5.41) is 3.72. The third-order valence-electron chi connectivity index (χ3n) is 6.36. The Kier molecular flexibility index (Phi) is 4.42. The minimum absolute atomic E-state index is 0.585. The Balaban J connectivity index is 1.50. The molecule has 0 aromatic carbocycles. The zero-order valence-corrected chi connectivity index (χ0v) is 13.8. The lowest BCUT2D eigenvalue weighted by Crippen LogP contribution is -2.49. The molecule has 0 spiro atoms. The largest absolute Gasteiger partial charge is 0.314 e. The fraction of sp³-hybridized carbons (Fsp3) is 1.00. The van der Waals surface area contributed by atoms with E-state index in [1.165, 1.54) is 64.6 Å². The number of nitrogens with zero attached hydrogens (tertiary/aromatic N) is 1. The van der Waals surface area contributed by atoms with Gasteiger partial charge in [0.05, 0.1) is 0 Å². The molecule has 0 bridgehead atoms. The van der Waals surface area contributed by atoms with Crippen molar-refractivity contribution in [3.8, 4) is 0 Å². The lowest BCUT2D eigenvalue weighted by Gasteiger charge is -2.47. The maximum Gasteiger partial charge on any atom is 0.0121 e. The molecular weight excluding hydrogens is 244 g/mol. The van der Waals surface area contributed by atoms with Gasteiger partial charge in [0.1, 0.15) is 0 Å². The smallest absolute Gasteiger partial charge is 0.0121 e. The van der Waals surface area contributed by atoms with Crippen LogP contribution in [0.1, 0.15) is 65.7 Å². The van der Waals surface area contributed by atoms with Crippen LogP contribution in [0.4, 0.5) is 0 Å². The van der Waals surface area contributed by atoms with Gasteiger partial charge in [0.25, 0.3) is 0 Å². The van der Waals surface area contributed by atoms with Crippen LogP contribution in [-0.4, -0.2) is 36.6 Å². The van der Waals surface area contributed by atoms with Gasteiger partial charge in [-0.15, -0.1) is 0 Å². The highest BCUT2D eigenvalue weighted by Gasteiger charge is 2.37. The SMILES string of the molecule is CC1CC(C)(C)CCC1N1CCC(C2CCCN2)CC1. The van der Waals surface area contributed by atoms with Crippen LogP contribution in [0, 0.1) is 17.3 Å². The Morgan fingerprint density at radius 2 is 1.80 bits per heavy atom. The fourth-order valence-corrected chi connectivity index (χ4v) is 5.24. The summed E-state index contributed by atoms with van der Waals surface area (Å²) in [7, 11) is 0. The van der Waals surface area contributed by atoms with Gasteiger partial charge in [-0.05, 0) is 81.8 Å². The van der Waals surface area contributed by atoms with Gasteiger partial charge in [0, 0.05) is 12.1 Å². The first kappa shape index (κ1) is 14.8. The second-order valence-corrected chi connectivity index (χ2v) is 8.53. The summed E-state index contributed by atoms with van der Waals surface area (Å²) in [4.78, 5) is 2.84. The van der Waals surface area contributed by atoms with Gasteiger partial charge in [-0.25, -0.2) is 0 Å². The molecule has 3 atom stereocenters. The minimum Gasteiger partial charge on any atom is -0.314 e. The molecule has 1 aliphatic carbocycles. The molecule has 0 aromatic rings. The molecule has 0 radical (unpaired) electrons. The highest BCUT2D eigenvalue weighted by Crippen LogP contribution is 2.41. The first-order valence-corrected chi connectivity index (χ1v) is 9.03. The van der Waals surface area contributed by atoms with E-state index < -0.39 is 0 Å². The molecule has 3 aliphatic rings. The molecule has 1 N–H and O–H groups in total. The molecule has 20 heavy (non-hydrogen) atoms. The first-order valence-electron chi connectivity index (χ1n) is 9.03. The van der Waals surface area contributed by atoms with Crippen molar-refractivity contribution in [3.63, 3.8) is 0 Å². The summed E-state index contributed by atoms with van der Waals surface area (Å²) in [5.41, 5.74) is 0.585. The van der Waals surface area contributed by atoms with E-state index in [0.29, 0.717) is 5.41 Å². The molecule has 2 heteroatoms. The van der Waals surface area contributed by atoms with E-state index in [1.807, 2.05) is 0 Å². The van der Waals surface area contributed by atoms with Gasteiger partial charge in [-0.1, -0.05) is 20.8 Å². The number of rotatable bonds is 2. The average molecular weight is 278 g/mol. The molecule has 0 aromatic heterocycles. The van der Waals surface area contributed by atoms with Gasteiger partial charge in [0.2, 0.25) is 0 Å². The third kappa shape index (κ3) is 3.22. The Morgan fingerprint density at radius 1 is 1.05 bits per heavy atom. The fourth-order valence-electron chi connectivity index (χ4n) is 5.24.